The van der Waals surface area contributed by atoms with E-state index in [1.165, 1.54) is 0 Å². The van der Waals surface area contributed by atoms with Crippen molar-refractivity contribution in [2.75, 3.05) is 19.7 Å². The number of aromatic nitrogens is 1. The van der Waals surface area contributed by atoms with Gasteiger partial charge in [-0.1, -0.05) is 6.92 Å². The lowest BCUT2D eigenvalue weighted by molar-refractivity contribution is 0.0709. The highest BCUT2D eigenvalue weighted by atomic mass is 16.3. The first kappa shape index (κ1) is 13.8. The molecule has 0 bridgehead atoms. The quantitative estimate of drug-likeness (QED) is 0.823. The first-order valence-corrected chi connectivity index (χ1v) is 6.18. The van der Waals surface area contributed by atoms with Gasteiger partial charge in [0.05, 0.1) is 6.61 Å². The van der Waals surface area contributed by atoms with Crippen LogP contribution < -0.4 is 0 Å². The largest absolute Gasteiger partial charge is 0.395 e. The van der Waals surface area contributed by atoms with Gasteiger partial charge in [0, 0.05) is 25.3 Å². The van der Waals surface area contributed by atoms with Crippen molar-refractivity contribution in [2.45, 2.75) is 33.2 Å². The molecule has 0 radical (unpaired) electrons. The first-order chi connectivity index (χ1) is 8.11. The smallest absolute Gasteiger partial charge is 0.270 e. The molecule has 4 nitrogen and oxygen atoms in total. The van der Waals surface area contributed by atoms with Gasteiger partial charge < -0.3 is 14.6 Å². The highest BCUT2D eigenvalue weighted by Gasteiger charge is 2.18. The number of amides is 1. The molecule has 1 N–H and O–H groups in total. The third-order valence-corrected chi connectivity index (χ3v) is 2.71. The predicted molar refractivity (Wildman–Crippen MR) is 68.1 cm³/mol. The summed E-state index contributed by atoms with van der Waals surface area (Å²) < 4.78 is 1.96. The van der Waals surface area contributed by atoms with E-state index in [0.29, 0.717) is 18.8 Å². The Morgan fingerprint density at radius 2 is 2.18 bits per heavy atom. The van der Waals surface area contributed by atoms with Crippen LogP contribution in [0.25, 0.3) is 0 Å². The van der Waals surface area contributed by atoms with Crippen molar-refractivity contribution in [3.05, 3.63) is 24.0 Å². The molecular formula is C13H22N2O2. The third kappa shape index (κ3) is 3.33. The highest BCUT2D eigenvalue weighted by Crippen LogP contribution is 2.13. The molecule has 0 unspecified atom stereocenters. The van der Waals surface area contributed by atoms with Gasteiger partial charge in [-0.3, -0.25) is 4.79 Å². The van der Waals surface area contributed by atoms with Crippen LogP contribution in [0.15, 0.2) is 18.3 Å². The van der Waals surface area contributed by atoms with Crippen molar-refractivity contribution >= 4 is 5.91 Å². The Bertz CT molecular complexity index is 352. The molecule has 4 heteroatoms. The molecule has 0 aromatic carbocycles. The van der Waals surface area contributed by atoms with Gasteiger partial charge >= 0.3 is 0 Å². The number of hydrogen-bond donors (Lipinski definition) is 1. The second-order valence-electron chi connectivity index (χ2n) is 4.41. The molecule has 0 aliphatic rings. The summed E-state index contributed by atoms with van der Waals surface area (Å²) in [6, 6.07) is 3.99. The summed E-state index contributed by atoms with van der Waals surface area (Å²) in [6.07, 6.45) is 2.81. The van der Waals surface area contributed by atoms with E-state index in [0.717, 1.165) is 6.42 Å². The molecule has 0 aliphatic carbocycles. The lowest BCUT2D eigenvalue weighted by Crippen LogP contribution is -2.35. The zero-order chi connectivity index (χ0) is 12.8. The Labute approximate surface area is 103 Å². The van der Waals surface area contributed by atoms with Gasteiger partial charge in [0.1, 0.15) is 5.69 Å². The van der Waals surface area contributed by atoms with Gasteiger partial charge in [0.15, 0.2) is 0 Å². The third-order valence-electron chi connectivity index (χ3n) is 2.71. The molecule has 0 saturated carbocycles. The second kappa shape index (κ2) is 6.45. The summed E-state index contributed by atoms with van der Waals surface area (Å²) in [5.74, 6) is -0.000370. The monoisotopic (exact) mass is 238 g/mol. The summed E-state index contributed by atoms with van der Waals surface area (Å²) in [5, 5.41) is 8.99. The molecule has 1 rings (SSSR count). The Balaban J connectivity index is 2.88. The minimum Gasteiger partial charge on any atom is -0.395 e. The van der Waals surface area contributed by atoms with Crippen LogP contribution in [0.1, 0.15) is 43.7 Å². The predicted octanol–water partition coefficient (Wildman–Crippen LogP) is 1.91. The van der Waals surface area contributed by atoms with Crippen LogP contribution in [0.3, 0.4) is 0 Å². The molecule has 17 heavy (non-hydrogen) atoms. The summed E-state index contributed by atoms with van der Waals surface area (Å²) in [5.41, 5.74) is 0.696. The van der Waals surface area contributed by atoms with Gasteiger partial charge in [0.2, 0.25) is 0 Å². The summed E-state index contributed by atoms with van der Waals surface area (Å²) >= 11 is 0. The van der Waals surface area contributed by atoms with E-state index in [-0.39, 0.29) is 18.6 Å². The number of carbonyl (C=O) groups is 1. The number of rotatable bonds is 6. The Kier molecular flexibility index (Phi) is 5.22. The summed E-state index contributed by atoms with van der Waals surface area (Å²) in [6.45, 7) is 7.21. The molecule has 0 aliphatic heterocycles. The van der Waals surface area contributed by atoms with Gasteiger partial charge in [0.25, 0.3) is 5.91 Å². The topological polar surface area (TPSA) is 45.5 Å². The van der Waals surface area contributed by atoms with Gasteiger partial charge in [-0.25, -0.2) is 0 Å². The van der Waals surface area contributed by atoms with Crippen molar-refractivity contribution in [3.8, 4) is 0 Å². The SMILES string of the molecule is CCCN(CCO)C(=O)c1cccn1C(C)C. The molecule has 0 spiro atoms. The van der Waals surface area contributed by atoms with Crippen LogP contribution in [0.5, 0.6) is 0 Å². The molecule has 0 saturated heterocycles. The number of hydrogen-bond acceptors (Lipinski definition) is 2. The Morgan fingerprint density at radius 1 is 1.47 bits per heavy atom. The summed E-state index contributed by atoms with van der Waals surface area (Å²) in [4.78, 5) is 14.0. The van der Waals surface area contributed by atoms with E-state index in [2.05, 4.69) is 0 Å². The fourth-order valence-corrected chi connectivity index (χ4v) is 1.89. The van der Waals surface area contributed by atoms with E-state index in [1.807, 2.05) is 43.7 Å². The second-order valence-corrected chi connectivity index (χ2v) is 4.41. The van der Waals surface area contributed by atoms with Crippen LogP contribution in [-0.2, 0) is 0 Å². The fraction of sp³-hybridized carbons (Fsp3) is 0.615. The lowest BCUT2D eigenvalue weighted by atomic mass is 10.3. The minimum atomic E-state index is -0.000370. The van der Waals surface area contributed by atoms with Crippen molar-refractivity contribution in [3.63, 3.8) is 0 Å². The number of nitrogens with zero attached hydrogens (tertiary/aromatic N) is 2. The number of aliphatic hydroxyl groups is 1. The van der Waals surface area contributed by atoms with E-state index in [4.69, 9.17) is 5.11 Å². The van der Waals surface area contributed by atoms with Crippen molar-refractivity contribution in [1.82, 2.24) is 9.47 Å². The van der Waals surface area contributed by atoms with Crippen LogP contribution in [0.4, 0.5) is 0 Å². The van der Waals surface area contributed by atoms with Crippen LogP contribution in [0.2, 0.25) is 0 Å². The molecule has 1 amide bonds. The van der Waals surface area contributed by atoms with E-state index >= 15 is 0 Å². The van der Waals surface area contributed by atoms with Crippen molar-refractivity contribution < 1.29 is 9.90 Å². The molecule has 1 aromatic rings. The van der Waals surface area contributed by atoms with Gasteiger partial charge in [-0.2, -0.15) is 0 Å². The normalized spacial score (nSPS) is 10.9. The molecular weight excluding hydrogens is 216 g/mol. The van der Waals surface area contributed by atoms with Crippen molar-refractivity contribution in [2.24, 2.45) is 0 Å². The maximum Gasteiger partial charge on any atom is 0.270 e. The van der Waals surface area contributed by atoms with Crippen LogP contribution in [-0.4, -0.2) is 40.2 Å². The van der Waals surface area contributed by atoms with Crippen LogP contribution >= 0.6 is 0 Å². The maximum atomic E-state index is 12.3. The summed E-state index contributed by atoms with van der Waals surface area (Å²) in [7, 11) is 0. The Morgan fingerprint density at radius 3 is 2.71 bits per heavy atom. The first-order valence-electron chi connectivity index (χ1n) is 6.18. The molecule has 96 valence electrons. The maximum absolute atomic E-state index is 12.3. The van der Waals surface area contributed by atoms with Crippen molar-refractivity contribution in [1.29, 1.82) is 0 Å². The standard InChI is InChI=1S/C13H22N2O2/c1-4-7-14(9-10-16)13(17)12-6-5-8-15(12)11(2)3/h5-6,8,11,16H,4,7,9-10H2,1-3H3. The van der Waals surface area contributed by atoms with E-state index < -0.39 is 0 Å². The average molecular weight is 238 g/mol. The molecule has 1 heterocycles. The number of aliphatic hydroxyl groups excluding tert-OH is 1. The number of carbonyl (C=O) groups excluding carboxylic acids is 1. The zero-order valence-corrected chi connectivity index (χ0v) is 10.9. The minimum absolute atomic E-state index is 0.000370. The fourth-order valence-electron chi connectivity index (χ4n) is 1.89. The van der Waals surface area contributed by atoms with Gasteiger partial charge in [-0.05, 0) is 32.4 Å². The molecule has 0 atom stereocenters. The average Bonchev–Trinajstić information content (AvgIpc) is 2.76. The van der Waals surface area contributed by atoms with Gasteiger partial charge in [-0.15, -0.1) is 0 Å². The zero-order valence-electron chi connectivity index (χ0n) is 10.9. The highest BCUT2D eigenvalue weighted by molar-refractivity contribution is 5.92. The van der Waals surface area contributed by atoms with E-state index in [1.54, 1.807) is 4.90 Å². The Hall–Kier alpha value is -1.29. The lowest BCUT2D eigenvalue weighted by Gasteiger charge is -2.22. The molecule has 0 fully saturated rings. The molecule has 1 aromatic heterocycles. The van der Waals surface area contributed by atoms with E-state index in [9.17, 15) is 4.79 Å². The van der Waals surface area contributed by atoms with Crippen LogP contribution in [0, 0.1) is 0 Å².